The van der Waals surface area contributed by atoms with E-state index in [1.807, 2.05) is 24.3 Å². The summed E-state index contributed by atoms with van der Waals surface area (Å²) in [6, 6.07) is 7.48. The summed E-state index contributed by atoms with van der Waals surface area (Å²) in [4.78, 5) is 0.383. The minimum atomic E-state index is 0.293. The highest BCUT2D eigenvalue weighted by atomic mass is 32.1. The summed E-state index contributed by atoms with van der Waals surface area (Å²) in [5.74, 6) is 0.770. The van der Waals surface area contributed by atoms with E-state index in [0.717, 1.165) is 24.2 Å². The number of nitrogens with two attached hydrogens (primary N) is 1. The molecule has 3 nitrogen and oxygen atoms in total. The van der Waals surface area contributed by atoms with Gasteiger partial charge in [0.1, 0.15) is 17.3 Å². The largest absolute Gasteiger partial charge is 0.491 e. The van der Waals surface area contributed by atoms with E-state index < -0.39 is 0 Å². The van der Waals surface area contributed by atoms with Crippen LogP contribution >= 0.6 is 12.2 Å². The summed E-state index contributed by atoms with van der Waals surface area (Å²) in [7, 11) is 0. The van der Waals surface area contributed by atoms with E-state index in [1.54, 1.807) is 0 Å². The fourth-order valence-electron chi connectivity index (χ4n) is 1.64. The molecular formula is C14H21NO2S. The SMILES string of the molecule is CCCC(C)OCCOc1cccc(C(N)=S)c1. The number of ether oxygens (including phenoxy) is 2. The number of hydrogen-bond acceptors (Lipinski definition) is 3. The quantitative estimate of drug-likeness (QED) is 0.581. The topological polar surface area (TPSA) is 44.5 Å². The average Bonchev–Trinajstić information content (AvgIpc) is 2.35. The van der Waals surface area contributed by atoms with Gasteiger partial charge in [0.05, 0.1) is 12.7 Å². The second kappa shape index (κ2) is 8.06. The monoisotopic (exact) mass is 267 g/mol. The molecule has 2 N–H and O–H groups in total. The molecule has 0 radical (unpaired) electrons. The van der Waals surface area contributed by atoms with Gasteiger partial charge in [0.15, 0.2) is 0 Å². The molecule has 0 heterocycles. The van der Waals surface area contributed by atoms with Gasteiger partial charge in [0.25, 0.3) is 0 Å². The van der Waals surface area contributed by atoms with Gasteiger partial charge in [0.2, 0.25) is 0 Å². The van der Waals surface area contributed by atoms with Crippen LogP contribution in [0.3, 0.4) is 0 Å². The van der Waals surface area contributed by atoms with Crippen LogP contribution in [-0.4, -0.2) is 24.3 Å². The first-order valence-corrected chi connectivity index (χ1v) is 6.68. The van der Waals surface area contributed by atoms with Gasteiger partial charge in [0, 0.05) is 5.56 Å². The van der Waals surface area contributed by atoms with Crippen molar-refractivity contribution in [3.05, 3.63) is 29.8 Å². The minimum Gasteiger partial charge on any atom is -0.491 e. The van der Waals surface area contributed by atoms with Crippen LogP contribution in [-0.2, 0) is 4.74 Å². The number of rotatable bonds is 8. The lowest BCUT2D eigenvalue weighted by Gasteiger charge is -2.12. The van der Waals surface area contributed by atoms with Crippen LogP contribution < -0.4 is 10.5 Å². The van der Waals surface area contributed by atoms with Crippen molar-refractivity contribution in [1.82, 2.24) is 0 Å². The molecule has 1 atom stereocenters. The fraction of sp³-hybridized carbons (Fsp3) is 0.500. The van der Waals surface area contributed by atoms with Crippen LogP contribution in [0, 0.1) is 0 Å². The van der Waals surface area contributed by atoms with Crippen molar-refractivity contribution in [1.29, 1.82) is 0 Å². The zero-order valence-corrected chi connectivity index (χ0v) is 11.8. The molecule has 18 heavy (non-hydrogen) atoms. The van der Waals surface area contributed by atoms with Gasteiger partial charge in [-0.05, 0) is 25.5 Å². The lowest BCUT2D eigenvalue weighted by atomic mass is 10.2. The highest BCUT2D eigenvalue weighted by Gasteiger charge is 2.01. The average molecular weight is 267 g/mol. The van der Waals surface area contributed by atoms with Crippen molar-refractivity contribution in [2.24, 2.45) is 5.73 Å². The maximum Gasteiger partial charge on any atom is 0.120 e. The van der Waals surface area contributed by atoms with Gasteiger partial charge in [-0.1, -0.05) is 37.7 Å². The number of benzene rings is 1. The third-order valence-electron chi connectivity index (χ3n) is 2.57. The van der Waals surface area contributed by atoms with E-state index in [-0.39, 0.29) is 0 Å². The summed E-state index contributed by atoms with van der Waals surface area (Å²) < 4.78 is 11.2. The van der Waals surface area contributed by atoms with Gasteiger partial charge in [-0.15, -0.1) is 0 Å². The summed E-state index contributed by atoms with van der Waals surface area (Å²) in [6.07, 6.45) is 2.51. The summed E-state index contributed by atoms with van der Waals surface area (Å²) >= 11 is 4.92. The van der Waals surface area contributed by atoms with Crippen LogP contribution in [0.15, 0.2) is 24.3 Å². The number of thiocarbonyl (C=S) groups is 1. The highest BCUT2D eigenvalue weighted by molar-refractivity contribution is 7.80. The minimum absolute atomic E-state index is 0.293. The molecule has 0 spiro atoms. The maximum absolute atomic E-state index is 5.61. The second-order valence-corrected chi connectivity index (χ2v) is 4.65. The zero-order chi connectivity index (χ0) is 13.4. The van der Waals surface area contributed by atoms with Gasteiger partial charge in [-0.2, -0.15) is 0 Å². The Balaban J connectivity index is 2.31. The van der Waals surface area contributed by atoms with E-state index in [1.165, 1.54) is 0 Å². The highest BCUT2D eigenvalue weighted by Crippen LogP contribution is 2.13. The summed E-state index contributed by atoms with van der Waals surface area (Å²) in [5, 5.41) is 0. The Kier molecular flexibility index (Phi) is 6.68. The Morgan fingerprint density at radius 2 is 2.17 bits per heavy atom. The molecule has 0 saturated heterocycles. The van der Waals surface area contributed by atoms with E-state index in [0.29, 0.717) is 24.3 Å². The molecule has 1 rings (SSSR count). The first-order valence-electron chi connectivity index (χ1n) is 6.27. The van der Waals surface area contributed by atoms with E-state index >= 15 is 0 Å². The third-order valence-corrected chi connectivity index (χ3v) is 2.80. The van der Waals surface area contributed by atoms with Crippen molar-refractivity contribution in [2.75, 3.05) is 13.2 Å². The Hall–Kier alpha value is -1.13. The molecule has 0 fully saturated rings. The Bertz CT molecular complexity index is 382. The lowest BCUT2D eigenvalue weighted by Crippen LogP contribution is -2.14. The van der Waals surface area contributed by atoms with Crippen molar-refractivity contribution in [3.8, 4) is 5.75 Å². The lowest BCUT2D eigenvalue weighted by molar-refractivity contribution is 0.0395. The molecule has 100 valence electrons. The first-order chi connectivity index (χ1) is 8.63. The smallest absolute Gasteiger partial charge is 0.120 e. The summed E-state index contributed by atoms with van der Waals surface area (Å²) in [5.41, 5.74) is 6.38. The molecule has 1 aromatic rings. The normalized spacial score (nSPS) is 12.1. The number of hydrogen-bond donors (Lipinski definition) is 1. The molecule has 4 heteroatoms. The molecule has 0 aliphatic carbocycles. The van der Waals surface area contributed by atoms with Crippen LogP contribution in [0.5, 0.6) is 5.75 Å². The molecule has 0 aliphatic rings. The van der Waals surface area contributed by atoms with Crippen LogP contribution in [0.25, 0.3) is 0 Å². The van der Waals surface area contributed by atoms with Gasteiger partial charge < -0.3 is 15.2 Å². The van der Waals surface area contributed by atoms with Crippen molar-refractivity contribution in [2.45, 2.75) is 32.8 Å². The predicted octanol–water partition coefficient (Wildman–Crippen LogP) is 2.90. The Morgan fingerprint density at radius 1 is 1.39 bits per heavy atom. The molecule has 0 aliphatic heterocycles. The first kappa shape index (κ1) is 14.9. The Morgan fingerprint density at radius 3 is 2.83 bits per heavy atom. The standard InChI is InChI=1S/C14H21NO2S/c1-3-5-11(2)16-8-9-17-13-7-4-6-12(10-13)14(15)18/h4,6-7,10-11H,3,5,8-9H2,1-2H3,(H2,15,18). The van der Waals surface area contributed by atoms with Crippen LogP contribution in [0.2, 0.25) is 0 Å². The molecule has 0 saturated carbocycles. The van der Waals surface area contributed by atoms with Crippen molar-refractivity contribution in [3.63, 3.8) is 0 Å². The van der Waals surface area contributed by atoms with Crippen LogP contribution in [0.1, 0.15) is 32.3 Å². The molecule has 0 bridgehead atoms. The van der Waals surface area contributed by atoms with E-state index in [4.69, 9.17) is 27.4 Å². The van der Waals surface area contributed by atoms with Crippen molar-refractivity contribution < 1.29 is 9.47 Å². The predicted molar refractivity (Wildman–Crippen MR) is 78.1 cm³/mol. The van der Waals surface area contributed by atoms with Gasteiger partial charge in [-0.25, -0.2) is 0 Å². The Labute approximate surface area is 114 Å². The van der Waals surface area contributed by atoms with Gasteiger partial charge >= 0.3 is 0 Å². The maximum atomic E-state index is 5.61. The van der Waals surface area contributed by atoms with E-state index in [9.17, 15) is 0 Å². The zero-order valence-electron chi connectivity index (χ0n) is 11.0. The van der Waals surface area contributed by atoms with E-state index in [2.05, 4.69) is 13.8 Å². The van der Waals surface area contributed by atoms with Crippen molar-refractivity contribution >= 4 is 17.2 Å². The second-order valence-electron chi connectivity index (χ2n) is 4.21. The molecule has 1 aromatic carbocycles. The molecular weight excluding hydrogens is 246 g/mol. The summed E-state index contributed by atoms with van der Waals surface area (Å²) in [6.45, 7) is 5.36. The molecule has 0 aromatic heterocycles. The van der Waals surface area contributed by atoms with Crippen LogP contribution in [0.4, 0.5) is 0 Å². The van der Waals surface area contributed by atoms with Gasteiger partial charge in [-0.3, -0.25) is 0 Å². The third kappa shape index (κ3) is 5.47. The fourth-order valence-corrected chi connectivity index (χ4v) is 1.76. The molecule has 0 amide bonds. The molecule has 1 unspecified atom stereocenters.